The molecule has 1 atom stereocenters. The maximum absolute atomic E-state index is 11.7. The van der Waals surface area contributed by atoms with E-state index in [2.05, 4.69) is 32.8 Å². The minimum absolute atomic E-state index is 0.0192. The first-order chi connectivity index (χ1) is 10.2. The number of guanidine groups is 1. The Labute approximate surface area is 127 Å². The molecular weight excluding hydrogens is 266 g/mol. The van der Waals surface area contributed by atoms with Gasteiger partial charge >= 0.3 is 0 Å². The Hall–Kier alpha value is -1.30. The third-order valence-electron chi connectivity index (χ3n) is 4.08. The summed E-state index contributed by atoms with van der Waals surface area (Å²) in [5, 5.41) is 9.53. The minimum atomic E-state index is 0.0192. The van der Waals surface area contributed by atoms with E-state index in [0.717, 1.165) is 38.4 Å². The maximum atomic E-state index is 11.7. The predicted molar refractivity (Wildman–Crippen MR) is 85.4 cm³/mol. The van der Waals surface area contributed by atoms with Crippen molar-refractivity contribution in [2.75, 3.05) is 32.7 Å². The number of hydrogen-bond donors (Lipinski definition) is 3. The zero-order chi connectivity index (χ0) is 15.1. The summed E-state index contributed by atoms with van der Waals surface area (Å²) in [6.45, 7) is 8.44. The van der Waals surface area contributed by atoms with Gasteiger partial charge in [0.1, 0.15) is 6.54 Å². The van der Waals surface area contributed by atoms with Gasteiger partial charge in [0.05, 0.1) is 0 Å². The molecule has 6 nitrogen and oxygen atoms in total. The average molecular weight is 295 g/mol. The van der Waals surface area contributed by atoms with E-state index in [4.69, 9.17) is 0 Å². The largest absolute Gasteiger partial charge is 0.357 e. The van der Waals surface area contributed by atoms with Crippen molar-refractivity contribution in [2.45, 2.75) is 51.6 Å². The minimum Gasteiger partial charge on any atom is -0.357 e. The predicted octanol–water partition coefficient (Wildman–Crippen LogP) is 0.304. The van der Waals surface area contributed by atoms with Gasteiger partial charge in [-0.15, -0.1) is 0 Å². The van der Waals surface area contributed by atoms with Gasteiger partial charge in [-0.05, 0) is 45.7 Å². The Balaban J connectivity index is 1.75. The molecule has 1 saturated heterocycles. The van der Waals surface area contributed by atoms with E-state index in [1.54, 1.807) is 0 Å². The Morgan fingerprint density at radius 3 is 2.71 bits per heavy atom. The van der Waals surface area contributed by atoms with E-state index in [9.17, 15) is 4.79 Å². The second kappa shape index (κ2) is 8.22. The van der Waals surface area contributed by atoms with Gasteiger partial charge in [-0.25, -0.2) is 4.99 Å². The van der Waals surface area contributed by atoms with E-state index in [0.29, 0.717) is 12.1 Å². The van der Waals surface area contributed by atoms with Crippen LogP contribution in [0.25, 0.3) is 0 Å². The molecule has 0 aromatic rings. The first-order valence-electron chi connectivity index (χ1n) is 8.28. The fourth-order valence-electron chi connectivity index (χ4n) is 2.75. The van der Waals surface area contributed by atoms with Crippen LogP contribution in [0.15, 0.2) is 4.99 Å². The molecule has 2 fully saturated rings. The van der Waals surface area contributed by atoms with Crippen LogP contribution in [0.5, 0.6) is 0 Å². The van der Waals surface area contributed by atoms with Gasteiger partial charge in [0.2, 0.25) is 5.91 Å². The van der Waals surface area contributed by atoms with Crippen LogP contribution in [-0.4, -0.2) is 61.6 Å². The van der Waals surface area contributed by atoms with Crippen LogP contribution in [0, 0.1) is 0 Å². The number of nitrogens with one attached hydrogen (secondary N) is 3. The topological polar surface area (TPSA) is 68.8 Å². The van der Waals surface area contributed by atoms with Crippen LogP contribution < -0.4 is 16.0 Å². The highest BCUT2D eigenvalue weighted by atomic mass is 16.2. The maximum Gasteiger partial charge on any atom is 0.242 e. The van der Waals surface area contributed by atoms with Crippen molar-refractivity contribution >= 4 is 11.9 Å². The lowest BCUT2D eigenvalue weighted by Gasteiger charge is -2.23. The molecule has 0 radical (unpaired) electrons. The zero-order valence-electron chi connectivity index (χ0n) is 13.3. The number of rotatable bonds is 7. The van der Waals surface area contributed by atoms with Gasteiger partial charge in [-0.2, -0.15) is 0 Å². The molecule has 1 saturated carbocycles. The lowest BCUT2D eigenvalue weighted by molar-refractivity contribution is -0.119. The van der Waals surface area contributed by atoms with Crippen LogP contribution in [0.2, 0.25) is 0 Å². The number of hydrogen-bond acceptors (Lipinski definition) is 3. The Bertz CT molecular complexity index is 367. The van der Waals surface area contributed by atoms with E-state index >= 15 is 0 Å². The molecule has 0 spiro atoms. The molecule has 2 rings (SSSR count). The molecule has 21 heavy (non-hydrogen) atoms. The molecule has 1 aliphatic heterocycles. The van der Waals surface area contributed by atoms with Crippen LogP contribution in [0.3, 0.4) is 0 Å². The fraction of sp³-hybridized carbons (Fsp3) is 0.867. The lowest BCUT2D eigenvalue weighted by Crippen LogP contribution is -2.45. The second-order valence-corrected chi connectivity index (χ2v) is 5.84. The smallest absolute Gasteiger partial charge is 0.242 e. The van der Waals surface area contributed by atoms with Crippen molar-refractivity contribution < 1.29 is 4.79 Å². The quantitative estimate of drug-likeness (QED) is 0.467. The van der Waals surface area contributed by atoms with Gasteiger partial charge in [0, 0.05) is 25.2 Å². The summed E-state index contributed by atoms with van der Waals surface area (Å²) in [7, 11) is 0. The normalized spacial score (nSPS) is 23.1. The molecule has 0 bridgehead atoms. The first-order valence-corrected chi connectivity index (χ1v) is 8.28. The third-order valence-corrected chi connectivity index (χ3v) is 4.08. The summed E-state index contributed by atoms with van der Waals surface area (Å²) >= 11 is 0. The number of likely N-dealkylation sites (N-methyl/N-ethyl adjacent to an activating group) is 1. The Morgan fingerprint density at radius 1 is 1.24 bits per heavy atom. The highest BCUT2D eigenvalue weighted by Gasteiger charge is 2.24. The molecule has 2 aliphatic rings. The molecule has 1 amide bonds. The van der Waals surface area contributed by atoms with Gasteiger partial charge in [0.25, 0.3) is 0 Å². The first kappa shape index (κ1) is 16.1. The summed E-state index contributed by atoms with van der Waals surface area (Å²) < 4.78 is 0. The summed E-state index contributed by atoms with van der Waals surface area (Å²) in [5.41, 5.74) is 0. The number of nitrogens with zero attached hydrogens (tertiary/aromatic N) is 2. The van der Waals surface area contributed by atoms with Crippen molar-refractivity contribution in [3.63, 3.8) is 0 Å². The number of carbonyl (C=O) groups excluding carboxylic acids is 1. The number of likely N-dealkylation sites (tertiary alicyclic amines) is 1. The Kier molecular flexibility index (Phi) is 6.29. The molecule has 0 aromatic carbocycles. The highest BCUT2D eigenvalue weighted by molar-refractivity contribution is 5.85. The summed E-state index contributed by atoms with van der Waals surface area (Å²) in [5.74, 6) is 0.761. The summed E-state index contributed by atoms with van der Waals surface area (Å²) in [4.78, 5) is 18.5. The van der Waals surface area contributed by atoms with E-state index in [-0.39, 0.29) is 12.5 Å². The van der Waals surface area contributed by atoms with Gasteiger partial charge < -0.3 is 16.0 Å². The summed E-state index contributed by atoms with van der Waals surface area (Å²) in [6, 6.07) is 0.985. The standard InChI is InChI=1S/C15H29N5O/c1-3-16-15(18-11-14(21)19-12-7-8-12)17-10-13-6-5-9-20(13)4-2/h12-13H,3-11H2,1-2H3,(H,19,21)(H2,16,17,18). The number of amides is 1. The summed E-state index contributed by atoms with van der Waals surface area (Å²) in [6.07, 6.45) is 4.74. The monoisotopic (exact) mass is 295 g/mol. The fourth-order valence-corrected chi connectivity index (χ4v) is 2.75. The zero-order valence-corrected chi connectivity index (χ0v) is 13.3. The SMILES string of the molecule is CCNC(=NCC(=O)NC1CC1)NCC1CCCN1CC. The van der Waals surface area contributed by atoms with Crippen LogP contribution in [-0.2, 0) is 4.79 Å². The molecular formula is C15H29N5O. The molecule has 3 N–H and O–H groups in total. The van der Waals surface area contributed by atoms with Crippen molar-refractivity contribution in [1.82, 2.24) is 20.9 Å². The van der Waals surface area contributed by atoms with E-state index < -0.39 is 0 Å². The molecule has 6 heteroatoms. The van der Waals surface area contributed by atoms with E-state index in [1.807, 2.05) is 6.92 Å². The molecule has 1 unspecified atom stereocenters. The van der Waals surface area contributed by atoms with Crippen molar-refractivity contribution in [1.29, 1.82) is 0 Å². The van der Waals surface area contributed by atoms with Crippen molar-refractivity contribution in [3.05, 3.63) is 0 Å². The molecule has 120 valence electrons. The number of carbonyl (C=O) groups is 1. The van der Waals surface area contributed by atoms with Gasteiger partial charge in [0.15, 0.2) is 5.96 Å². The lowest BCUT2D eigenvalue weighted by atomic mass is 10.2. The van der Waals surface area contributed by atoms with Crippen molar-refractivity contribution in [3.8, 4) is 0 Å². The van der Waals surface area contributed by atoms with E-state index in [1.165, 1.54) is 19.4 Å². The Morgan fingerprint density at radius 2 is 2.05 bits per heavy atom. The average Bonchev–Trinajstić information content (AvgIpc) is 3.17. The second-order valence-electron chi connectivity index (χ2n) is 5.84. The molecule has 1 heterocycles. The van der Waals surface area contributed by atoms with Gasteiger partial charge in [-0.3, -0.25) is 9.69 Å². The van der Waals surface area contributed by atoms with Crippen LogP contribution in [0.4, 0.5) is 0 Å². The highest BCUT2D eigenvalue weighted by Crippen LogP contribution is 2.18. The van der Waals surface area contributed by atoms with Crippen LogP contribution in [0.1, 0.15) is 39.5 Å². The number of aliphatic imine (C=N–C) groups is 1. The van der Waals surface area contributed by atoms with Crippen LogP contribution >= 0.6 is 0 Å². The third kappa shape index (κ3) is 5.53. The molecule has 0 aromatic heterocycles. The van der Waals surface area contributed by atoms with Gasteiger partial charge in [-0.1, -0.05) is 6.92 Å². The van der Waals surface area contributed by atoms with Crippen molar-refractivity contribution in [2.24, 2.45) is 4.99 Å². The molecule has 1 aliphatic carbocycles.